The molecule has 1 aromatic rings. The van der Waals surface area contributed by atoms with Gasteiger partial charge in [-0.1, -0.05) is 53.2 Å². The van der Waals surface area contributed by atoms with Crippen LogP contribution in [0.15, 0.2) is 24.3 Å². The lowest BCUT2D eigenvalue weighted by atomic mass is 9.72. The molecule has 2 unspecified atom stereocenters. The van der Waals surface area contributed by atoms with Crippen molar-refractivity contribution in [2.24, 2.45) is 5.92 Å². The monoisotopic (exact) mass is 265 g/mol. The van der Waals surface area contributed by atoms with Crippen LogP contribution in [0, 0.1) is 11.7 Å². The van der Waals surface area contributed by atoms with Gasteiger partial charge < -0.3 is 5.32 Å². The lowest BCUT2D eigenvalue weighted by Crippen LogP contribution is -2.49. The number of hydrogen-bond donors (Lipinski definition) is 1. The number of rotatable bonds is 7. The van der Waals surface area contributed by atoms with Crippen molar-refractivity contribution in [2.75, 3.05) is 6.54 Å². The van der Waals surface area contributed by atoms with Crippen LogP contribution in [-0.4, -0.2) is 12.6 Å². The molecule has 0 aromatic heterocycles. The summed E-state index contributed by atoms with van der Waals surface area (Å²) in [5.74, 6) is 0.436. The Morgan fingerprint density at radius 3 is 2.21 bits per heavy atom. The van der Waals surface area contributed by atoms with Crippen molar-refractivity contribution in [3.63, 3.8) is 0 Å². The Kier molecular flexibility index (Phi) is 5.99. The summed E-state index contributed by atoms with van der Waals surface area (Å²) in [6.07, 6.45) is 2.41. The molecule has 1 rings (SSSR count). The van der Waals surface area contributed by atoms with Crippen LogP contribution in [0.4, 0.5) is 4.39 Å². The summed E-state index contributed by atoms with van der Waals surface area (Å²) in [5.41, 5.74) is 1.20. The van der Waals surface area contributed by atoms with Gasteiger partial charge in [-0.2, -0.15) is 0 Å². The van der Waals surface area contributed by atoms with Gasteiger partial charge in [-0.25, -0.2) is 4.39 Å². The zero-order valence-electron chi connectivity index (χ0n) is 13.0. The van der Waals surface area contributed by atoms with Gasteiger partial charge in [-0.05, 0) is 36.6 Å². The first-order valence-electron chi connectivity index (χ1n) is 7.42. The first-order valence-corrected chi connectivity index (χ1v) is 7.42. The molecule has 2 atom stereocenters. The van der Waals surface area contributed by atoms with Crippen molar-refractivity contribution in [3.8, 4) is 0 Å². The molecule has 108 valence electrons. The van der Waals surface area contributed by atoms with Crippen molar-refractivity contribution in [1.82, 2.24) is 5.32 Å². The average molecular weight is 265 g/mol. The molecular weight excluding hydrogens is 237 g/mol. The molecule has 0 spiro atoms. The van der Waals surface area contributed by atoms with Gasteiger partial charge in [0.15, 0.2) is 0 Å². The molecule has 1 N–H and O–H groups in total. The predicted octanol–water partition coefficient (Wildman–Crippen LogP) is 4.52. The zero-order valence-corrected chi connectivity index (χ0v) is 13.0. The van der Waals surface area contributed by atoms with Crippen molar-refractivity contribution in [1.29, 1.82) is 0 Å². The second-order valence-corrected chi connectivity index (χ2v) is 6.03. The molecule has 0 aliphatic carbocycles. The second kappa shape index (κ2) is 7.04. The highest BCUT2D eigenvalue weighted by molar-refractivity contribution is 5.26. The minimum Gasteiger partial charge on any atom is -0.313 e. The first-order chi connectivity index (χ1) is 8.93. The Morgan fingerprint density at radius 1 is 1.16 bits per heavy atom. The highest BCUT2D eigenvalue weighted by Crippen LogP contribution is 2.32. The van der Waals surface area contributed by atoms with Gasteiger partial charge in [0, 0.05) is 11.5 Å². The fourth-order valence-corrected chi connectivity index (χ4v) is 3.07. The van der Waals surface area contributed by atoms with E-state index in [2.05, 4.69) is 39.9 Å². The van der Waals surface area contributed by atoms with E-state index in [1.165, 1.54) is 18.4 Å². The molecule has 1 nitrogen and oxygen atoms in total. The molecule has 1 aromatic carbocycles. The van der Waals surface area contributed by atoms with Crippen LogP contribution in [0.25, 0.3) is 0 Å². The molecule has 0 radical (unpaired) electrons. The Balaban J connectivity index is 3.00. The van der Waals surface area contributed by atoms with Crippen LogP contribution in [-0.2, 0) is 5.41 Å². The van der Waals surface area contributed by atoms with Crippen molar-refractivity contribution >= 4 is 0 Å². The number of hydrogen-bond acceptors (Lipinski definition) is 1. The predicted molar refractivity (Wildman–Crippen MR) is 81.0 cm³/mol. The van der Waals surface area contributed by atoms with Crippen molar-refractivity contribution in [2.45, 2.75) is 58.9 Å². The maximum Gasteiger partial charge on any atom is 0.123 e. The summed E-state index contributed by atoms with van der Waals surface area (Å²) in [6, 6.07) is 7.36. The molecule has 0 fully saturated rings. The summed E-state index contributed by atoms with van der Waals surface area (Å²) in [7, 11) is 0. The first kappa shape index (κ1) is 16.2. The molecular formula is C17H28FN. The molecule has 0 saturated carbocycles. The Bertz CT molecular complexity index is 369. The van der Waals surface area contributed by atoms with Gasteiger partial charge in [0.25, 0.3) is 0 Å². The van der Waals surface area contributed by atoms with E-state index in [1.807, 2.05) is 12.1 Å². The summed E-state index contributed by atoms with van der Waals surface area (Å²) >= 11 is 0. The van der Waals surface area contributed by atoms with E-state index in [1.54, 1.807) is 12.1 Å². The van der Waals surface area contributed by atoms with Crippen molar-refractivity contribution in [3.05, 3.63) is 35.6 Å². The third-order valence-electron chi connectivity index (χ3n) is 4.10. The standard InChI is InChI=1S/C17H28FN/c1-6-8-13(3)16(19-7-2)17(4,5)14-9-11-15(18)12-10-14/h9-13,16,19H,6-8H2,1-5H3. The summed E-state index contributed by atoms with van der Waals surface area (Å²) in [4.78, 5) is 0. The molecule has 0 heterocycles. The fraction of sp³-hybridized carbons (Fsp3) is 0.647. The number of halogens is 1. The van der Waals surface area contributed by atoms with Gasteiger partial charge in [0.05, 0.1) is 0 Å². The van der Waals surface area contributed by atoms with Gasteiger partial charge in [-0.15, -0.1) is 0 Å². The Hall–Kier alpha value is -0.890. The van der Waals surface area contributed by atoms with E-state index in [-0.39, 0.29) is 11.2 Å². The van der Waals surface area contributed by atoms with E-state index >= 15 is 0 Å². The van der Waals surface area contributed by atoms with Gasteiger partial charge in [-0.3, -0.25) is 0 Å². The molecule has 19 heavy (non-hydrogen) atoms. The smallest absolute Gasteiger partial charge is 0.123 e. The fourth-order valence-electron chi connectivity index (χ4n) is 3.07. The highest BCUT2D eigenvalue weighted by Gasteiger charge is 2.34. The SMILES string of the molecule is CCCC(C)C(NCC)C(C)(C)c1ccc(F)cc1. The minimum atomic E-state index is -0.166. The zero-order chi connectivity index (χ0) is 14.5. The largest absolute Gasteiger partial charge is 0.313 e. The third-order valence-corrected chi connectivity index (χ3v) is 4.10. The summed E-state index contributed by atoms with van der Waals surface area (Å²) in [6.45, 7) is 12.1. The maximum atomic E-state index is 13.1. The topological polar surface area (TPSA) is 12.0 Å². The highest BCUT2D eigenvalue weighted by atomic mass is 19.1. The van der Waals surface area contributed by atoms with Gasteiger partial charge in [0.2, 0.25) is 0 Å². The van der Waals surface area contributed by atoms with Crippen LogP contribution < -0.4 is 5.32 Å². The van der Waals surface area contributed by atoms with Crippen LogP contribution in [0.3, 0.4) is 0 Å². The number of benzene rings is 1. The minimum absolute atomic E-state index is 0.00169. The van der Waals surface area contributed by atoms with Crippen LogP contribution >= 0.6 is 0 Å². The van der Waals surface area contributed by atoms with Crippen LogP contribution in [0.1, 0.15) is 53.0 Å². The molecule has 0 aliphatic heterocycles. The van der Waals surface area contributed by atoms with E-state index in [0.29, 0.717) is 12.0 Å². The van der Waals surface area contributed by atoms with E-state index in [0.717, 1.165) is 6.54 Å². The quantitative estimate of drug-likeness (QED) is 0.764. The van der Waals surface area contributed by atoms with Crippen molar-refractivity contribution < 1.29 is 4.39 Å². The number of likely N-dealkylation sites (N-methyl/N-ethyl adjacent to an activating group) is 1. The maximum absolute atomic E-state index is 13.1. The van der Waals surface area contributed by atoms with Gasteiger partial charge in [0.1, 0.15) is 5.82 Å². The molecule has 2 heteroatoms. The normalized spacial score (nSPS) is 15.3. The van der Waals surface area contributed by atoms with E-state index in [9.17, 15) is 4.39 Å². The molecule has 0 bridgehead atoms. The van der Waals surface area contributed by atoms with Gasteiger partial charge >= 0.3 is 0 Å². The second-order valence-electron chi connectivity index (χ2n) is 6.03. The van der Waals surface area contributed by atoms with E-state index < -0.39 is 0 Å². The average Bonchev–Trinajstić information content (AvgIpc) is 2.36. The Morgan fingerprint density at radius 2 is 1.74 bits per heavy atom. The third kappa shape index (κ3) is 4.04. The lowest BCUT2D eigenvalue weighted by Gasteiger charge is -2.39. The number of nitrogens with one attached hydrogen (secondary N) is 1. The molecule has 0 amide bonds. The van der Waals surface area contributed by atoms with E-state index in [4.69, 9.17) is 0 Å². The Labute approximate surface area is 117 Å². The lowest BCUT2D eigenvalue weighted by molar-refractivity contribution is 0.249. The van der Waals surface area contributed by atoms with Crippen LogP contribution in [0.2, 0.25) is 0 Å². The molecule has 0 saturated heterocycles. The summed E-state index contributed by atoms with van der Waals surface area (Å²) < 4.78 is 13.1. The summed E-state index contributed by atoms with van der Waals surface area (Å²) in [5, 5.41) is 3.63. The van der Waals surface area contributed by atoms with Crippen LogP contribution in [0.5, 0.6) is 0 Å². The molecule has 0 aliphatic rings.